The summed E-state index contributed by atoms with van der Waals surface area (Å²) in [7, 11) is 0. The van der Waals surface area contributed by atoms with Crippen LogP contribution in [0.3, 0.4) is 0 Å². The van der Waals surface area contributed by atoms with Crippen LogP contribution in [0, 0.1) is 0 Å². The van der Waals surface area contributed by atoms with Crippen LogP contribution >= 0.6 is 0 Å². The zero-order chi connectivity index (χ0) is 8.10. The van der Waals surface area contributed by atoms with E-state index in [2.05, 4.69) is 10.1 Å². The second-order valence-corrected chi connectivity index (χ2v) is 2.70. The highest BCUT2D eigenvalue weighted by atomic mass is 19.3. The van der Waals surface area contributed by atoms with Gasteiger partial charge in [-0.3, -0.25) is 0 Å². The van der Waals surface area contributed by atoms with Crippen LogP contribution in [-0.2, 0) is 4.74 Å². The van der Waals surface area contributed by atoms with E-state index in [4.69, 9.17) is 0 Å². The molecule has 0 amide bonds. The Balaban J connectivity index is 2.20. The van der Waals surface area contributed by atoms with E-state index >= 15 is 0 Å². The fourth-order valence-corrected chi connectivity index (χ4v) is 1.27. The zero-order valence-electron chi connectivity index (χ0n) is 6.35. The highest BCUT2D eigenvalue weighted by Crippen LogP contribution is 2.12. The molecule has 0 spiro atoms. The average Bonchev–Trinajstić information content (AvgIpc) is 2.14. The zero-order valence-corrected chi connectivity index (χ0v) is 6.35. The molecule has 1 aliphatic heterocycles. The number of rotatable bonds is 2. The van der Waals surface area contributed by atoms with Crippen LogP contribution in [0.15, 0.2) is 0 Å². The van der Waals surface area contributed by atoms with Crippen LogP contribution in [-0.4, -0.2) is 25.8 Å². The van der Waals surface area contributed by atoms with Crippen molar-refractivity contribution in [2.75, 3.05) is 13.1 Å². The number of nitrogens with one attached hydrogen (secondary N) is 1. The van der Waals surface area contributed by atoms with Crippen molar-refractivity contribution in [3.8, 4) is 0 Å². The van der Waals surface area contributed by atoms with Gasteiger partial charge in [0.15, 0.2) is 0 Å². The van der Waals surface area contributed by atoms with Gasteiger partial charge in [0.25, 0.3) is 0 Å². The molecule has 11 heavy (non-hydrogen) atoms. The molecule has 0 saturated carbocycles. The number of alkyl halides is 2. The van der Waals surface area contributed by atoms with Gasteiger partial charge in [-0.1, -0.05) is 0 Å². The van der Waals surface area contributed by atoms with Crippen molar-refractivity contribution in [1.29, 1.82) is 0 Å². The summed E-state index contributed by atoms with van der Waals surface area (Å²) in [6.07, 6.45) is 2.13. The second kappa shape index (κ2) is 4.62. The van der Waals surface area contributed by atoms with Crippen LogP contribution in [0.2, 0.25) is 0 Å². The van der Waals surface area contributed by atoms with Crippen LogP contribution < -0.4 is 5.32 Å². The molecule has 0 aromatic heterocycles. The summed E-state index contributed by atoms with van der Waals surface area (Å²) in [4.78, 5) is 0. The number of hydrogen-bond donors (Lipinski definition) is 1. The number of ether oxygens (including phenoxy) is 1. The van der Waals surface area contributed by atoms with Crippen molar-refractivity contribution in [2.45, 2.75) is 32.0 Å². The van der Waals surface area contributed by atoms with Crippen molar-refractivity contribution in [3.05, 3.63) is 0 Å². The van der Waals surface area contributed by atoms with Gasteiger partial charge in [0.1, 0.15) is 0 Å². The third-order valence-electron chi connectivity index (χ3n) is 1.82. The van der Waals surface area contributed by atoms with Gasteiger partial charge >= 0.3 is 6.61 Å². The third kappa shape index (κ3) is 3.62. The van der Waals surface area contributed by atoms with Gasteiger partial charge in [0, 0.05) is 0 Å². The molecule has 1 N–H and O–H groups in total. The molecule has 0 aliphatic carbocycles. The van der Waals surface area contributed by atoms with Crippen molar-refractivity contribution in [3.63, 3.8) is 0 Å². The van der Waals surface area contributed by atoms with Gasteiger partial charge < -0.3 is 10.1 Å². The fraction of sp³-hybridized carbons (Fsp3) is 1.00. The maximum atomic E-state index is 11.7. The molecule has 1 unspecified atom stereocenters. The minimum atomic E-state index is -2.61. The first kappa shape index (κ1) is 8.87. The Morgan fingerprint density at radius 2 is 2.09 bits per heavy atom. The first-order valence-corrected chi connectivity index (χ1v) is 3.93. The summed E-state index contributed by atoms with van der Waals surface area (Å²) in [5.74, 6) is 0. The number of halogens is 2. The largest absolute Gasteiger partial charge is 0.345 e. The molecule has 0 aromatic rings. The van der Waals surface area contributed by atoms with Crippen LogP contribution in [0.4, 0.5) is 8.78 Å². The SMILES string of the molecule is FC(F)OC1CCCNCC1. The molecule has 0 aromatic carbocycles. The molecule has 1 heterocycles. The van der Waals surface area contributed by atoms with E-state index < -0.39 is 6.61 Å². The minimum absolute atomic E-state index is 0.245. The molecule has 1 rings (SSSR count). The van der Waals surface area contributed by atoms with Gasteiger partial charge in [0.2, 0.25) is 0 Å². The molecule has 2 nitrogen and oxygen atoms in total. The fourth-order valence-electron chi connectivity index (χ4n) is 1.27. The lowest BCUT2D eigenvalue weighted by atomic mass is 10.2. The van der Waals surface area contributed by atoms with Crippen molar-refractivity contribution in [1.82, 2.24) is 5.32 Å². The van der Waals surface area contributed by atoms with Crippen LogP contribution in [0.1, 0.15) is 19.3 Å². The molecule has 1 aliphatic rings. The molecule has 0 bridgehead atoms. The lowest BCUT2D eigenvalue weighted by Gasteiger charge is -2.13. The summed E-state index contributed by atoms with van der Waals surface area (Å²) >= 11 is 0. The molecule has 0 radical (unpaired) electrons. The average molecular weight is 165 g/mol. The van der Waals surface area contributed by atoms with E-state index in [9.17, 15) is 8.78 Å². The lowest BCUT2D eigenvalue weighted by Crippen LogP contribution is -2.19. The summed E-state index contributed by atoms with van der Waals surface area (Å²) < 4.78 is 27.8. The van der Waals surface area contributed by atoms with Crippen molar-refractivity contribution < 1.29 is 13.5 Å². The van der Waals surface area contributed by atoms with E-state index in [-0.39, 0.29) is 6.10 Å². The molecule has 1 atom stereocenters. The Morgan fingerprint density at radius 3 is 2.82 bits per heavy atom. The topological polar surface area (TPSA) is 21.3 Å². The van der Waals surface area contributed by atoms with E-state index in [0.29, 0.717) is 6.42 Å². The van der Waals surface area contributed by atoms with E-state index in [1.807, 2.05) is 0 Å². The highest BCUT2D eigenvalue weighted by Gasteiger charge is 2.16. The van der Waals surface area contributed by atoms with Gasteiger partial charge in [-0.2, -0.15) is 8.78 Å². The predicted octanol–water partition coefficient (Wildman–Crippen LogP) is 1.37. The smallest absolute Gasteiger partial charge is 0.320 e. The predicted molar refractivity (Wildman–Crippen MR) is 37.6 cm³/mol. The normalized spacial score (nSPS) is 27.0. The maximum absolute atomic E-state index is 11.7. The van der Waals surface area contributed by atoms with Crippen molar-refractivity contribution in [2.24, 2.45) is 0 Å². The van der Waals surface area contributed by atoms with E-state index in [0.717, 1.165) is 25.9 Å². The summed E-state index contributed by atoms with van der Waals surface area (Å²) in [6.45, 7) is -0.904. The highest BCUT2D eigenvalue weighted by molar-refractivity contribution is 4.65. The quantitative estimate of drug-likeness (QED) is 0.667. The monoisotopic (exact) mass is 165 g/mol. The lowest BCUT2D eigenvalue weighted by molar-refractivity contribution is -0.164. The van der Waals surface area contributed by atoms with Gasteiger partial charge in [-0.15, -0.1) is 0 Å². The second-order valence-electron chi connectivity index (χ2n) is 2.70. The first-order chi connectivity index (χ1) is 5.29. The Labute approximate surface area is 64.9 Å². The summed E-state index contributed by atoms with van der Waals surface area (Å²) in [5.41, 5.74) is 0. The summed E-state index contributed by atoms with van der Waals surface area (Å²) in [6, 6.07) is 0. The van der Waals surface area contributed by atoms with Crippen LogP contribution in [0.25, 0.3) is 0 Å². The Kier molecular flexibility index (Phi) is 3.72. The Bertz CT molecular complexity index is 103. The van der Waals surface area contributed by atoms with Crippen molar-refractivity contribution >= 4 is 0 Å². The minimum Gasteiger partial charge on any atom is -0.320 e. The molecule has 4 heteroatoms. The third-order valence-corrected chi connectivity index (χ3v) is 1.82. The first-order valence-electron chi connectivity index (χ1n) is 3.93. The standard InChI is InChI=1S/C7H13F2NO/c8-7(9)11-6-2-1-4-10-5-3-6/h6-7,10H,1-5H2. The maximum Gasteiger partial charge on any atom is 0.345 e. The summed E-state index contributed by atoms with van der Waals surface area (Å²) in [5, 5.41) is 3.13. The van der Waals surface area contributed by atoms with Crippen LogP contribution in [0.5, 0.6) is 0 Å². The van der Waals surface area contributed by atoms with E-state index in [1.165, 1.54) is 0 Å². The molecular weight excluding hydrogens is 152 g/mol. The Morgan fingerprint density at radius 1 is 1.27 bits per heavy atom. The van der Waals surface area contributed by atoms with Gasteiger partial charge in [-0.25, -0.2) is 0 Å². The van der Waals surface area contributed by atoms with Gasteiger partial charge in [0.05, 0.1) is 6.10 Å². The molecular formula is C7H13F2NO. The van der Waals surface area contributed by atoms with E-state index in [1.54, 1.807) is 0 Å². The number of hydrogen-bond acceptors (Lipinski definition) is 2. The Hall–Kier alpha value is -0.220. The van der Waals surface area contributed by atoms with Gasteiger partial charge in [-0.05, 0) is 32.4 Å². The molecule has 66 valence electrons. The molecule has 1 saturated heterocycles. The molecule has 1 fully saturated rings.